The van der Waals surface area contributed by atoms with E-state index < -0.39 is 36.0 Å². The molecule has 6 rings (SSSR count). The summed E-state index contributed by atoms with van der Waals surface area (Å²) in [5.74, 6) is -4.82. The second-order valence-corrected chi connectivity index (χ2v) is 13.5. The SMILES string of the molecule is NCC(=O)c1ccc(CN(C(=O)N2CCOCC2)c2ccccc2)c(F)c1.O=C(CNC(=O)C(F)(F)F)c1ccc(CN(C(=O)N2CCOCC2)c2ccccc2)c(F)c1. The molecule has 3 N–H and O–H groups in total. The first-order chi connectivity index (χ1) is 28.8. The van der Waals surface area contributed by atoms with Crippen molar-refractivity contribution in [3.05, 3.63) is 131 Å². The highest BCUT2D eigenvalue weighted by Crippen LogP contribution is 2.24. The van der Waals surface area contributed by atoms with Crippen molar-refractivity contribution in [1.29, 1.82) is 0 Å². The van der Waals surface area contributed by atoms with E-state index in [1.807, 2.05) is 30.3 Å². The lowest BCUT2D eigenvalue weighted by molar-refractivity contribution is -0.173. The van der Waals surface area contributed by atoms with Crippen molar-refractivity contribution in [3.8, 4) is 0 Å². The number of halogens is 5. The molecule has 5 amide bonds. The average molecular weight is 839 g/mol. The number of hydrogen-bond acceptors (Lipinski definition) is 8. The lowest BCUT2D eigenvalue weighted by Gasteiger charge is -2.33. The third-order valence-corrected chi connectivity index (χ3v) is 9.42. The van der Waals surface area contributed by atoms with Gasteiger partial charge in [-0.1, -0.05) is 60.7 Å². The molecule has 0 saturated carbocycles. The number of carbonyl (C=O) groups excluding carboxylic acids is 5. The van der Waals surface area contributed by atoms with Crippen LogP contribution in [0.5, 0.6) is 0 Å². The number of nitrogens with zero attached hydrogens (tertiary/aromatic N) is 4. The molecule has 0 radical (unpaired) electrons. The Hall–Kier alpha value is -6.24. The minimum Gasteiger partial charge on any atom is -0.378 e. The number of alkyl halides is 3. The van der Waals surface area contributed by atoms with Gasteiger partial charge in [0.25, 0.3) is 0 Å². The molecule has 4 aromatic carbocycles. The number of hydrogen-bond donors (Lipinski definition) is 2. The van der Waals surface area contributed by atoms with Crippen LogP contribution in [0, 0.1) is 11.6 Å². The summed E-state index contributed by atoms with van der Waals surface area (Å²) in [6.45, 7) is 2.35. The zero-order chi connectivity index (χ0) is 43.2. The smallest absolute Gasteiger partial charge is 0.378 e. The highest BCUT2D eigenvalue weighted by Gasteiger charge is 2.38. The van der Waals surface area contributed by atoms with Crippen LogP contribution in [-0.4, -0.2) is 111 Å². The fraction of sp³-hybridized carbons (Fsp3) is 0.310. The molecule has 13 nitrogen and oxygen atoms in total. The summed E-state index contributed by atoms with van der Waals surface area (Å²) in [7, 11) is 0. The standard InChI is InChI=1S/C22H21F4N3O4.C20H22FN3O3/c23-18-12-15(19(30)13-27-20(31)22(24,25)26)6-7-16(18)14-29(17-4-2-1-3-5-17)21(32)28-8-10-33-11-9-28;21-18-12-15(19(25)13-22)6-7-16(18)14-24(17-4-2-1-3-5-17)20(26)23-8-10-27-11-9-23/h1-7,12H,8-11,13-14H2,(H,27,31);1-7,12H,8-11,13-14,22H2. The Bertz CT molecular complexity index is 2120. The first-order valence-corrected chi connectivity index (χ1v) is 18.8. The number of morpholine rings is 2. The lowest BCUT2D eigenvalue weighted by atomic mass is 10.1. The van der Waals surface area contributed by atoms with Crippen molar-refractivity contribution >= 4 is 40.9 Å². The molecule has 2 aliphatic rings. The van der Waals surface area contributed by atoms with Gasteiger partial charge in [-0.3, -0.25) is 24.2 Å². The van der Waals surface area contributed by atoms with Crippen LogP contribution < -0.4 is 20.9 Å². The van der Waals surface area contributed by atoms with Crippen LogP contribution in [-0.2, 0) is 27.4 Å². The maximum Gasteiger partial charge on any atom is 0.471 e. The zero-order valence-electron chi connectivity index (χ0n) is 32.3. The Kier molecular flexibility index (Phi) is 15.8. The predicted molar refractivity (Wildman–Crippen MR) is 210 cm³/mol. The number of ketones is 2. The number of ether oxygens (including phenoxy) is 2. The Morgan fingerprint density at radius 1 is 0.617 bits per heavy atom. The maximum atomic E-state index is 14.8. The molecule has 0 bridgehead atoms. The Labute approximate surface area is 342 Å². The molecule has 0 atom stereocenters. The van der Waals surface area contributed by atoms with Crippen LogP contribution in [0.25, 0.3) is 0 Å². The number of benzene rings is 4. The van der Waals surface area contributed by atoms with Gasteiger partial charge in [0, 0.05) is 59.8 Å². The van der Waals surface area contributed by atoms with Gasteiger partial charge in [0.15, 0.2) is 11.6 Å². The summed E-state index contributed by atoms with van der Waals surface area (Å²) in [4.78, 5) is 67.0. The summed E-state index contributed by atoms with van der Waals surface area (Å²) in [5, 5.41) is 1.46. The fourth-order valence-electron chi connectivity index (χ4n) is 6.12. The molecule has 0 unspecified atom stereocenters. The van der Waals surface area contributed by atoms with E-state index in [4.69, 9.17) is 15.2 Å². The highest BCUT2D eigenvalue weighted by atomic mass is 19.4. The number of Topliss-reactive ketones (excluding diaryl/α,β-unsaturated/α-hetero) is 2. The second-order valence-electron chi connectivity index (χ2n) is 13.5. The molecular weight excluding hydrogens is 795 g/mol. The molecule has 0 aromatic heterocycles. The summed E-state index contributed by atoms with van der Waals surface area (Å²) in [5.41, 5.74) is 7.01. The van der Waals surface area contributed by atoms with Gasteiger partial charge in [-0.2, -0.15) is 13.2 Å². The van der Waals surface area contributed by atoms with Crippen molar-refractivity contribution in [2.45, 2.75) is 19.3 Å². The van der Waals surface area contributed by atoms with Crippen molar-refractivity contribution in [2.75, 3.05) is 75.5 Å². The number of carbonyl (C=O) groups is 5. The Morgan fingerprint density at radius 3 is 1.38 bits per heavy atom. The van der Waals surface area contributed by atoms with Crippen LogP contribution in [0.15, 0.2) is 97.1 Å². The molecule has 2 aliphatic heterocycles. The van der Waals surface area contributed by atoms with E-state index in [-0.39, 0.29) is 54.2 Å². The molecule has 2 saturated heterocycles. The fourth-order valence-corrected chi connectivity index (χ4v) is 6.12. The van der Waals surface area contributed by atoms with E-state index >= 15 is 0 Å². The summed E-state index contributed by atoms with van der Waals surface area (Å²) in [6.07, 6.45) is -5.12. The molecule has 60 heavy (non-hydrogen) atoms. The summed E-state index contributed by atoms with van der Waals surface area (Å²) in [6, 6.07) is 24.9. The van der Waals surface area contributed by atoms with Crippen molar-refractivity contribution in [1.82, 2.24) is 15.1 Å². The van der Waals surface area contributed by atoms with E-state index in [9.17, 15) is 45.9 Å². The van der Waals surface area contributed by atoms with Crippen molar-refractivity contribution in [3.63, 3.8) is 0 Å². The van der Waals surface area contributed by atoms with Crippen LogP contribution in [0.4, 0.5) is 42.9 Å². The number of nitrogens with two attached hydrogens (primary N) is 1. The molecule has 2 heterocycles. The molecule has 0 aliphatic carbocycles. The van der Waals surface area contributed by atoms with E-state index in [1.54, 1.807) is 40.1 Å². The quantitative estimate of drug-likeness (QED) is 0.147. The number of nitrogens with one attached hydrogen (secondary N) is 1. The van der Waals surface area contributed by atoms with Crippen molar-refractivity contribution < 1.29 is 55.4 Å². The topological polar surface area (TPSA) is 155 Å². The van der Waals surface area contributed by atoms with Gasteiger partial charge in [-0.15, -0.1) is 0 Å². The molecular formula is C42H43F5N6O7. The molecule has 0 spiro atoms. The van der Waals surface area contributed by atoms with E-state index in [0.29, 0.717) is 69.5 Å². The number of para-hydroxylation sites is 2. The largest absolute Gasteiger partial charge is 0.471 e. The van der Waals surface area contributed by atoms with Gasteiger partial charge in [0.1, 0.15) is 11.6 Å². The minimum absolute atomic E-state index is 0.0587. The third-order valence-electron chi connectivity index (χ3n) is 9.42. The van der Waals surface area contributed by atoms with Gasteiger partial charge in [-0.05, 0) is 36.4 Å². The third kappa shape index (κ3) is 12.2. The molecule has 18 heteroatoms. The molecule has 4 aromatic rings. The average Bonchev–Trinajstić information content (AvgIpc) is 3.27. The monoisotopic (exact) mass is 838 g/mol. The lowest BCUT2D eigenvalue weighted by Crippen LogP contribution is -2.48. The van der Waals surface area contributed by atoms with Crippen molar-refractivity contribution in [2.24, 2.45) is 5.73 Å². The normalized spacial score (nSPS) is 14.0. The highest BCUT2D eigenvalue weighted by molar-refractivity contribution is 6.00. The van der Waals surface area contributed by atoms with Crippen LogP contribution in [0.3, 0.4) is 0 Å². The van der Waals surface area contributed by atoms with Crippen LogP contribution >= 0.6 is 0 Å². The van der Waals surface area contributed by atoms with E-state index in [1.165, 1.54) is 45.4 Å². The Morgan fingerprint density at radius 2 is 1.02 bits per heavy atom. The summed E-state index contributed by atoms with van der Waals surface area (Å²) < 4.78 is 76.7. The van der Waals surface area contributed by atoms with Gasteiger partial charge in [-0.25, -0.2) is 18.4 Å². The predicted octanol–water partition coefficient (Wildman–Crippen LogP) is 5.57. The Balaban J connectivity index is 0.000000232. The first kappa shape index (κ1) is 44.9. The van der Waals surface area contributed by atoms with Gasteiger partial charge >= 0.3 is 24.1 Å². The molecule has 318 valence electrons. The number of amides is 5. The maximum absolute atomic E-state index is 14.8. The van der Waals surface area contributed by atoms with Crippen LogP contribution in [0.2, 0.25) is 0 Å². The van der Waals surface area contributed by atoms with Gasteiger partial charge in [0.2, 0.25) is 0 Å². The van der Waals surface area contributed by atoms with E-state index in [0.717, 1.165) is 6.07 Å². The zero-order valence-corrected chi connectivity index (χ0v) is 32.3. The van der Waals surface area contributed by atoms with Gasteiger partial charge in [0.05, 0.1) is 52.6 Å². The van der Waals surface area contributed by atoms with Gasteiger partial charge < -0.3 is 30.3 Å². The van der Waals surface area contributed by atoms with E-state index in [2.05, 4.69) is 0 Å². The first-order valence-electron chi connectivity index (χ1n) is 18.8. The van der Waals surface area contributed by atoms with Crippen LogP contribution in [0.1, 0.15) is 31.8 Å². The molecule has 2 fully saturated rings. The number of rotatable bonds is 11. The number of urea groups is 2. The number of anilines is 2. The summed E-state index contributed by atoms with van der Waals surface area (Å²) >= 11 is 0. The second kappa shape index (κ2) is 21.1. The minimum atomic E-state index is -5.12.